The molecule has 1 N–H and O–H groups in total. The van der Waals surface area contributed by atoms with Gasteiger partial charge >= 0.3 is 0 Å². The summed E-state index contributed by atoms with van der Waals surface area (Å²) in [5, 5.41) is 3.61. The number of hydrogen-bond acceptors (Lipinski definition) is 5. The highest BCUT2D eigenvalue weighted by Crippen LogP contribution is 2.30. The summed E-state index contributed by atoms with van der Waals surface area (Å²) in [6, 6.07) is 7.43. The molecule has 0 atom stereocenters. The maximum atomic E-state index is 5.83. The van der Waals surface area contributed by atoms with Gasteiger partial charge in [0.2, 0.25) is 5.75 Å². The molecule has 0 unspecified atom stereocenters. The lowest BCUT2D eigenvalue weighted by Gasteiger charge is -2.11. The van der Waals surface area contributed by atoms with E-state index < -0.39 is 0 Å². The fourth-order valence-electron chi connectivity index (χ4n) is 1.55. The summed E-state index contributed by atoms with van der Waals surface area (Å²) in [4.78, 5) is 8.12. The van der Waals surface area contributed by atoms with Gasteiger partial charge in [0, 0.05) is 12.1 Å². The van der Waals surface area contributed by atoms with Crippen molar-refractivity contribution in [3.8, 4) is 11.6 Å². The predicted octanol–water partition coefficient (Wildman–Crippen LogP) is 2.76. The fraction of sp³-hybridized carbons (Fsp3) is 0.231. The van der Waals surface area contributed by atoms with Crippen molar-refractivity contribution in [1.82, 2.24) is 9.97 Å². The van der Waals surface area contributed by atoms with Gasteiger partial charge in [-0.3, -0.25) is 0 Å². The standard InChI is InChI=1S/C13H14ClN3O2/c1-15-12-11(18-2)13(17-8-16-12)19-7-9-3-5-10(14)6-4-9/h3-6,8H,7H2,1-2H3,(H,15,16,17). The molecule has 0 aliphatic carbocycles. The second-order valence-electron chi connectivity index (χ2n) is 3.73. The largest absolute Gasteiger partial charge is 0.489 e. The highest BCUT2D eigenvalue weighted by Gasteiger charge is 2.12. The number of nitrogens with zero attached hydrogens (tertiary/aromatic N) is 2. The van der Waals surface area contributed by atoms with Gasteiger partial charge in [0.15, 0.2) is 5.82 Å². The number of benzene rings is 1. The molecule has 0 saturated heterocycles. The average molecular weight is 280 g/mol. The zero-order chi connectivity index (χ0) is 13.7. The molecule has 1 aromatic heterocycles. The molecular weight excluding hydrogens is 266 g/mol. The molecule has 100 valence electrons. The van der Waals surface area contributed by atoms with Gasteiger partial charge in [-0.2, -0.15) is 4.98 Å². The molecule has 0 radical (unpaired) electrons. The molecule has 2 aromatic rings. The van der Waals surface area contributed by atoms with Crippen LogP contribution in [0.15, 0.2) is 30.6 Å². The van der Waals surface area contributed by atoms with E-state index >= 15 is 0 Å². The second kappa shape index (κ2) is 6.24. The van der Waals surface area contributed by atoms with Crippen LogP contribution in [-0.2, 0) is 6.61 Å². The monoisotopic (exact) mass is 279 g/mol. The van der Waals surface area contributed by atoms with Crippen LogP contribution in [0.4, 0.5) is 5.82 Å². The Bertz CT molecular complexity index is 546. The van der Waals surface area contributed by atoms with Crippen LogP contribution in [0.2, 0.25) is 5.02 Å². The van der Waals surface area contributed by atoms with Crippen molar-refractivity contribution >= 4 is 17.4 Å². The minimum absolute atomic E-state index is 0.383. The Morgan fingerprint density at radius 1 is 1.21 bits per heavy atom. The summed E-state index contributed by atoms with van der Waals surface area (Å²) >= 11 is 5.83. The molecule has 0 aliphatic heterocycles. The summed E-state index contributed by atoms with van der Waals surface area (Å²) in [5.74, 6) is 1.47. The molecule has 2 rings (SSSR count). The summed E-state index contributed by atoms with van der Waals surface area (Å²) in [6.07, 6.45) is 1.42. The third-order valence-corrected chi connectivity index (χ3v) is 2.75. The van der Waals surface area contributed by atoms with E-state index in [-0.39, 0.29) is 0 Å². The van der Waals surface area contributed by atoms with E-state index in [1.807, 2.05) is 24.3 Å². The number of rotatable bonds is 5. The van der Waals surface area contributed by atoms with Gasteiger partial charge < -0.3 is 14.8 Å². The summed E-state index contributed by atoms with van der Waals surface area (Å²) in [6.45, 7) is 0.383. The lowest BCUT2D eigenvalue weighted by atomic mass is 10.2. The van der Waals surface area contributed by atoms with Crippen molar-refractivity contribution in [2.75, 3.05) is 19.5 Å². The van der Waals surface area contributed by atoms with Crippen LogP contribution in [0.3, 0.4) is 0 Å². The van der Waals surface area contributed by atoms with E-state index in [4.69, 9.17) is 21.1 Å². The number of aromatic nitrogens is 2. The van der Waals surface area contributed by atoms with Gasteiger partial charge in [-0.15, -0.1) is 0 Å². The quantitative estimate of drug-likeness (QED) is 0.912. The van der Waals surface area contributed by atoms with Crippen molar-refractivity contribution in [2.24, 2.45) is 0 Å². The number of methoxy groups -OCH3 is 1. The minimum atomic E-state index is 0.383. The van der Waals surface area contributed by atoms with Crippen LogP contribution in [-0.4, -0.2) is 24.1 Å². The Kier molecular flexibility index (Phi) is 4.41. The Balaban J connectivity index is 2.13. The van der Waals surface area contributed by atoms with Gasteiger partial charge in [-0.1, -0.05) is 23.7 Å². The molecule has 0 spiro atoms. The van der Waals surface area contributed by atoms with E-state index in [0.717, 1.165) is 5.56 Å². The molecule has 6 heteroatoms. The third kappa shape index (κ3) is 3.26. The number of nitrogens with one attached hydrogen (secondary N) is 1. The molecule has 1 aromatic carbocycles. The van der Waals surface area contributed by atoms with Gasteiger partial charge in [0.05, 0.1) is 7.11 Å². The molecule has 0 aliphatic rings. The van der Waals surface area contributed by atoms with Gasteiger partial charge in [-0.25, -0.2) is 4.98 Å². The second-order valence-corrected chi connectivity index (χ2v) is 4.16. The Morgan fingerprint density at radius 2 is 1.95 bits per heavy atom. The first-order valence-corrected chi connectivity index (χ1v) is 6.06. The fourth-order valence-corrected chi connectivity index (χ4v) is 1.68. The first-order chi connectivity index (χ1) is 9.24. The van der Waals surface area contributed by atoms with E-state index in [1.54, 1.807) is 14.2 Å². The average Bonchev–Trinajstić information content (AvgIpc) is 2.46. The van der Waals surface area contributed by atoms with E-state index in [0.29, 0.717) is 29.1 Å². The first kappa shape index (κ1) is 13.4. The highest BCUT2D eigenvalue weighted by molar-refractivity contribution is 6.30. The zero-order valence-corrected chi connectivity index (χ0v) is 11.4. The van der Waals surface area contributed by atoms with Crippen molar-refractivity contribution < 1.29 is 9.47 Å². The topological polar surface area (TPSA) is 56.3 Å². The number of ether oxygens (including phenoxy) is 2. The van der Waals surface area contributed by atoms with Crippen LogP contribution >= 0.6 is 11.6 Å². The van der Waals surface area contributed by atoms with Gasteiger partial charge in [0.1, 0.15) is 12.9 Å². The summed E-state index contributed by atoms with van der Waals surface area (Å²) in [7, 11) is 3.31. The predicted molar refractivity (Wildman–Crippen MR) is 73.9 cm³/mol. The Morgan fingerprint density at radius 3 is 2.58 bits per heavy atom. The molecule has 0 saturated carbocycles. The molecule has 0 amide bonds. The molecule has 0 bridgehead atoms. The lowest BCUT2D eigenvalue weighted by molar-refractivity contribution is 0.272. The van der Waals surface area contributed by atoms with Crippen LogP contribution in [0.5, 0.6) is 11.6 Å². The van der Waals surface area contributed by atoms with Gasteiger partial charge in [-0.05, 0) is 17.7 Å². The Labute approximate surface area is 116 Å². The molecule has 5 nitrogen and oxygen atoms in total. The molecule has 19 heavy (non-hydrogen) atoms. The van der Waals surface area contributed by atoms with Crippen LogP contribution < -0.4 is 14.8 Å². The van der Waals surface area contributed by atoms with Crippen molar-refractivity contribution in [3.05, 3.63) is 41.2 Å². The summed E-state index contributed by atoms with van der Waals surface area (Å²) < 4.78 is 10.9. The molecule has 0 fully saturated rings. The SMILES string of the molecule is CNc1ncnc(OCc2ccc(Cl)cc2)c1OC. The lowest BCUT2D eigenvalue weighted by Crippen LogP contribution is -2.03. The number of hydrogen-bond donors (Lipinski definition) is 1. The molecular formula is C13H14ClN3O2. The van der Waals surface area contributed by atoms with E-state index in [2.05, 4.69) is 15.3 Å². The van der Waals surface area contributed by atoms with Crippen molar-refractivity contribution in [2.45, 2.75) is 6.61 Å². The number of halogens is 1. The minimum Gasteiger partial charge on any atom is -0.489 e. The third-order valence-electron chi connectivity index (χ3n) is 2.50. The van der Waals surface area contributed by atoms with Gasteiger partial charge in [0.25, 0.3) is 5.88 Å². The maximum Gasteiger partial charge on any atom is 0.262 e. The zero-order valence-electron chi connectivity index (χ0n) is 10.7. The maximum absolute atomic E-state index is 5.83. The Hall–Kier alpha value is -2.01. The van der Waals surface area contributed by atoms with Crippen LogP contribution in [0.25, 0.3) is 0 Å². The van der Waals surface area contributed by atoms with Crippen molar-refractivity contribution in [1.29, 1.82) is 0 Å². The van der Waals surface area contributed by atoms with Crippen molar-refractivity contribution in [3.63, 3.8) is 0 Å². The van der Waals surface area contributed by atoms with E-state index in [1.165, 1.54) is 6.33 Å². The number of anilines is 1. The molecule has 1 heterocycles. The van der Waals surface area contributed by atoms with Crippen LogP contribution in [0, 0.1) is 0 Å². The van der Waals surface area contributed by atoms with E-state index in [9.17, 15) is 0 Å². The van der Waals surface area contributed by atoms with Crippen LogP contribution in [0.1, 0.15) is 5.56 Å². The normalized spacial score (nSPS) is 10.1. The highest BCUT2D eigenvalue weighted by atomic mass is 35.5. The summed E-state index contributed by atoms with van der Waals surface area (Å²) in [5.41, 5.74) is 0.996. The smallest absolute Gasteiger partial charge is 0.262 e. The first-order valence-electron chi connectivity index (χ1n) is 5.68.